The van der Waals surface area contributed by atoms with Gasteiger partial charge in [-0.15, -0.1) is 0 Å². The molecule has 0 saturated carbocycles. The summed E-state index contributed by atoms with van der Waals surface area (Å²) in [6.07, 6.45) is -8.24. The molecular formula is C19H19F6NO2. The van der Waals surface area contributed by atoms with Gasteiger partial charge in [-0.3, -0.25) is 0 Å². The van der Waals surface area contributed by atoms with Crippen molar-refractivity contribution in [1.82, 2.24) is 5.32 Å². The van der Waals surface area contributed by atoms with Crippen molar-refractivity contribution in [3.63, 3.8) is 0 Å². The minimum Gasteiger partial charge on any atom is -0.509 e. The summed E-state index contributed by atoms with van der Waals surface area (Å²) >= 11 is 0. The molecule has 1 atom stereocenters. The van der Waals surface area contributed by atoms with E-state index in [1.807, 2.05) is 0 Å². The molecule has 0 aromatic heterocycles. The van der Waals surface area contributed by atoms with Crippen LogP contribution >= 0.6 is 0 Å². The van der Waals surface area contributed by atoms with Crippen LogP contribution in [0.2, 0.25) is 0 Å². The first-order chi connectivity index (χ1) is 12.8. The molecule has 9 heteroatoms. The maximum absolute atomic E-state index is 13.0. The summed E-state index contributed by atoms with van der Waals surface area (Å²) in [5.41, 5.74) is -1.90. The summed E-state index contributed by atoms with van der Waals surface area (Å²) in [5, 5.41) is 21.9. The van der Waals surface area contributed by atoms with Gasteiger partial charge in [-0.1, -0.05) is 6.58 Å². The van der Waals surface area contributed by atoms with Crippen molar-refractivity contribution in [3.05, 3.63) is 70.2 Å². The molecule has 0 spiro atoms. The lowest BCUT2D eigenvalue weighted by molar-refractivity contribution is -0.143. The number of benzene rings is 1. The Morgan fingerprint density at radius 3 is 2.11 bits per heavy atom. The van der Waals surface area contributed by atoms with Crippen molar-refractivity contribution in [2.24, 2.45) is 0 Å². The number of aliphatic hydroxyl groups excluding tert-OH is 2. The maximum Gasteiger partial charge on any atom is 0.416 e. The monoisotopic (exact) mass is 407 g/mol. The van der Waals surface area contributed by atoms with E-state index in [0.717, 1.165) is 0 Å². The Morgan fingerprint density at radius 1 is 1.11 bits per heavy atom. The van der Waals surface area contributed by atoms with Crippen LogP contribution in [0, 0.1) is 0 Å². The number of hydrogen-bond acceptors (Lipinski definition) is 3. The van der Waals surface area contributed by atoms with E-state index >= 15 is 0 Å². The van der Waals surface area contributed by atoms with Gasteiger partial charge in [0.15, 0.2) is 5.76 Å². The minimum absolute atomic E-state index is 0.0881. The Hall–Kier alpha value is -2.42. The predicted octanol–water partition coefficient (Wildman–Crippen LogP) is 5.46. The van der Waals surface area contributed by atoms with Crippen LogP contribution < -0.4 is 5.32 Å². The first-order valence-electron chi connectivity index (χ1n) is 8.29. The van der Waals surface area contributed by atoms with E-state index in [1.54, 1.807) is 0 Å². The van der Waals surface area contributed by atoms with Crippen molar-refractivity contribution in [2.75, 3.05) is 6.54 Å². The molecule has 0 amide bonds. The summed E-state index contributed by atoms with van der Waals surface area (Å²) in [6.45, 7) is 5.50. The highest BCUT2D eigenvalue weighted by atomic mass is 19.4. The average Bonchev–Trinajstić information content (AvgIpc) is 2.56. The molecular weight excluding hydrogens is 388 g/mol. The number of alkyl halides is 6. The molecule has 1 heterocycles. The van der Waals surface area contributed by atoms with Crippen LogP contribution in [0.15, 0.2) is 53.5 Å². The number of halogens is 6. The Labute approximate surface area is 157 Å². The van der Waals surface area contributed by atoms with Gasteiger partial charge in [0, 0.05) is 6.04 Å². The van der Waals surface area contributed by atoms with Crippen LogP contribution in [-0.2, 0) is 18.8 Å². The molecule has 1 aromatic rings. The van der Waals surface area contributed by atoms with E-state index in [-0.39, 0.29) is 29.6 Å². The molecule has 1 unspecified atom stereocenters. The van der Waals surface area contributed by atoms with Crippen LogP contribution in [0.3, 0.4) is 0 Å². The van der Waals surface area contributed by atoms with Gasteiger partial charge in [0.2, 0.25) is 0 Å². The highest BCUT2D eigenvalue weighted by molar-refractivity contribution is 5.41. The molecule has 0 bridgehead atoms. The number of nitrogens with one attached hydrogen (secondary N) is 1. The molecule has 1 aliphatic heterocycles. The largest absolute Gasteiger partial charge is 0.509 e. The van der Waals surface area contributed by atoms with Gasteiger partial charge in [0.05, 0.1) is 11.1 Å². The molecule has 0 radical (unpaired) electrons. The molecule has 2 rings (SSSR count). The molecule has 3 N–H and O–H groups in total. The van der Waals surface area contributed by atoms with Crippen LogP contribution in [0.4, 0.5) is 26.3 Å². The summed E-state index contributed by atoms with van der Waals surface area (Å²) in [7, 11) is 0. The average molecular weight is 407 g/mol. The fourth-order valence-electron chi connectivity index (χ4n) is 2.89. The number of aliphatic hydroxyl groups is 2. The maximum atomic E-state index is 13.0. The van der Waals surface area contributed by atoms with E-state index in [2.05, 4.69) is 11.9 Å². The lowest BCUT2D eigenvalue weighted by Crippen LogP contribution is -2.38. The quantitative estimate of drug-likeness (QED) is 0.461. The van der Waals surface area contributed by atoms with Crippen LogP contribution in [0.25, 0.3) is 0 Å². The van der Waals surface area contributed by atoms with Gasteiger partial charge in [-0.05, 0) is 67.3 Å². The van der Waals surface area contributed by atoms with E-state index in [4.69, 9.17) is 0 Å². The van der Waals surface area contributed by atoms with Gasteiger partial charge in [-0.2, -0.15) is 26.3 Å². The summed E-state index contributed by atoms with van der Waals surface area (Å²) in [6, 6.07) is 0.857. The third-order valence-corrected chi connectivity index (χ3v) is 4.39. The Balaban J connectivity index is 2.36. The predicted molar refractivity (Wildman–Crippen MR) is 91.7 cm³/mol. The molecule has 154 valence electrons. The smallest absolute Gasteiger partial charge is 0.416 e. The molecule has 1 saturated heterocycles. The summed E-state index contributed by atoms with van der Waals surface area (Å²) < 4.78 is 78.0. The number of piperidine rings is 1. The van der Waals surface area contributed by atoms with Crippen molar-refractivity contribution >= 4 is 0 Å². The first-order valence-corrected chi connectivity index (χ1v) is 8.29. The molecule has 1 aliphatic rings. The second kappa shape index (κ2) is 7.90. The minimum atomic E-state index is -4.91. The zero-order valence-corrected chi connectivity index (χ0v) is 14.9. The lowest BCUT2D eigenvalue weighted by Gasteiger charge is -2.29. The van der Waals surface area contributed by atoms with Crippen molar-refractivity contribution < 1.29 is 36.6 Å². The SMILES string of the molecule is C=C1/C(=C\C(O)=C(/C)O)CCNC1Cc1cc(C(F)(F)F)cc(C(F)(F)F)c1. The summed E-state index contributed by atoms with van der Waals surface area (Å²) in [5.74, 6) is -0.696. The second-order valence-corrected chi connectivity index (χ2v) is 6.54. The third kappa shape index (κ3) is 5.31. The second-order valence-electron chi connectivity index (χ2n) is 6.54. The third-order valence-electron chi connectivity index (χ3n) is 4.39. The topological polar surface area (TPSA) is 52.5 Å². The number of allylic oxidation sites excluding steroid dienone is 2. The fraction of sp³-hybridized carbons (Fsp3) is 0.368. The van der Waals surface area contributed by atoms with Crippen LogP contribution in [0.5, 0.6) is 0 Å². The zero-order chi connectivity index (χ0) is 21.3. The highest BCUT2D eigenvalue weighted by Gasteiger charge is 2.37. The fourth-order valence-corrected chi connectivity index (χ4v) is 2.89. The van der Waals surface area contributed by atoms with Gasteiger partial charge >= 0.3 is 12.4 Å². The van der Waals surface area contributed by atoms with E-state index in [1.165, 1.54) is 13.0 Å². The van der Waals surface area contributed by atoms with Crippen molar-refractivity contribution in [1.29, 1.82) is 0 Å². The van der Waals surface area contributed by atoms with Crippen LogP contribution in [0.1, 0.15) is 30.0 Å². The van der Waals surface area contributed by atoms with E-state index in [0.29, 0.717) is 36.2 Å². The first kappa shape index (κ1) is 21.9. The lowest BCUT2D eigenvalue weighted by atomic mass is 9.88. The Kier molecular flexibility index (Phi) is 6.18. The van der Waals surface area contributed by atoms with Crippen LogP contribution in [-0.4, -0.2) is 22.8 Å². The summed E-state index contributed by atoms with van der Waals surface area (Å²) in [4.78, 5) is 0. The van der Waals surface area contributed by atoms with E-state index in [9.17, 15) is 36.6 Å². The standard InChI is InChI=1S/C19H19F6NO2/c1-10-13(8-17(28)11(2)27)3-4-26-16(10)7-12-5-14(18(20,21)22)9-15(6-12)19(23,24)25/h5-6,8-9,16,26-28H,1,3-4,7H2,2H3/b13-8-,17-11-. The molecule has 28 heavy (non-hydrogen) atoms. The van der Waals surface area contributed by atoms with Gasteiger partial charge in [0.1, 0.15) is 5.76 Å². The normalized spacial score (nSPS) is 21.0. The van der Waals surface area contributed by atoms with E-state index < -0.39 is 29.5 Å². The van der Waals surface area contributed by atoms with Crippen molar-refractivity contribution in [3.8, 4) is 0 Å². The Bertz CT molecular complexity index is 784. The molecule has 0 aliphatic carbocycles. The van der Waals surface area contributed by atoms with Crippen molar-refractivity contribution in [2.45, 2.75) is 38.2 Å². The van der Waals surface area contributed by atoms with Gasteiger partial charge in [-0.25, -0.2) is 0 Å². The number of hydrogen-bond donors (Lipinski definition) is 3. The zero-order valence-electron chi connectivity index (χ0n) is 14.9. The molecule has 3 nitrogen and oxygen atoms in total. The Morgan fingerprint density at radius 2 is 1.64 bits per heavy atom. The molecule has 1 aromatic carbocycles. The molecule has 1 fully saturated rings. The van der Waals surface area contributed by atoms with Gasteiger partial charge < -0.3 is 15.5 Å². The van der Waals surface area contributed by atoms with Gasteiger partial charge in [0.25, 0.3) is 0 Å². The number of rotatable bonds is 3. The highest BCUT2D eigenvalue weighted by Crippen LogP contribution is 2.37.